The van der Waals surface area contributed by atoms with Gasteiger partial charge < -0.3 is 4.74 Å². The van der Waals surface area contributed by atoms with Crippen LogP contribution >= 0.6 is 0 Å². The first kappa shape index (κ1) is 14.1. The van der Waals surface area contributed by atoms with E-state index in [1.165, 1.54) is 23.8 Å². The molecule has 2 nitrogen and oxygen atoms in total. The molecule has 0 spiro atoms. The predicted octanol–water partition coefficient (Wildman–Crippen LogP) is 4.00. The van der Waals surface area contributed by atoms with E-state index in [9.17, 15) is 4.79 Å². The van der Waals surface area contributed by atoms with E-state index in [4.69, 9.17) is 4.74 Å². The summed E-state index contributed by atoms with van der Waals surface area (Å²) in [5, 5.41) is 0. The Morgan fingerprint density at radius 1 is 1.32 bits per heavy atom. The maximum atomic E-state index is 11.5. The largest absolute Gasteiger partial charge is 0.469 e. The molecule has 3 unspecified atom stereocenters. The number of hydrogen-bond donors (Lipinski definition) is 0. The van der Waals surface area contributed by atoms with Crippen molar-refractivity contribution in [3.05, 3.63) is 34.9 Å². The van der Waals surface area contributed by atoms with Gasteiger partial charge in [-0.2, -0.15) is 0 Å². The van der Waals surface area contributed by atoms with Crippen LogP contribution in [0.1, 0.15) is 48.8 Å². The number of hydrogen-bond acceptors (Lipinski definition) is 2. The third kappa shape index (κ3) is 3.37. The van der Waals surface area contributed by atoms with Crippen molar-refractivity contribution < 1.29 is 9.53 Å². The van der Waals surface area contributed by atoms with E-state index in [1.54, 1.807) is 0 Å². The quantitative estimate of drug-likeness (QED) is 0.748. The van der Waals surface area contributed by atoms with Crippen molar-refractivity contribution >= 4 is 5.97 Å². The molecule has 104 valence electrons. The van der Waals surface area contributed by atoms with Crippen molar-refractivity contribution in [1.82, 2.24) is 0 Å². The standard InChI is InChI=1S/C17H24O2/c1-5-13(9-15-10-16(15)17(18)19-4)14-7-11(2)6-12(3)8-14/h6-8,13,15-16H,5,9-10H2,1-4H3. The molecule has 0 amide bonds. The molecule has 0 bridgehead atoms. The van der Waals surface area contributed by atoms with Crippen LogP contribution in [-0.4, -0.2) is 13.1 Å². The molecule has 0 N–H and O–H groups in total. The Morgan fingerprint density at radius 2 is 1.95 bits per heavy atom. The normalized spacial score (nSPS) is 22.9. The van der Waals surface area contributed by atoms with Crippen LogP contribution in [0.4, 0.5) is 0 Å². The highest BCUT2D eigenvalue weighted by Crippen LogP contribution is 2.46. The lowest BCUT2D eigenvalue weighted by atomic mass is 9.89. The maximum Gasteiger partial charge on any atom is 0.308 e. The van der Waals surface area contributed by atoms with Gasteiger partial charge in [-0.3, -0.25) is 4.79 Å². The minimum absolute atomic E-state index is 0.0275. The molecule has 0 radical (unpaired) electrons. The number of benzene rings is 1. The summed E-state index contributed by atoms with van der Waals surface area (Å²) in [6.07, 6.45) is 3.25. The molecule has 2 rings (SSSR count). The Hall–Kier alpha value is -1.31. The van der Waals surface area contributed by atoms with Crippen molar-refractivity contribution in [2.75, 3.05) is 7.11 Å². The highest BCUT2D eigenvalue weighted by atomic mass is 16.5. The Kier molecular flexibility index (Phi) is 4.28. The molecule has 19 heavy (non-hydrogen) atoms. The van der Waals surface area contributed by atoms with Crippen molar-refractivity contribution in [3.8, 4) is 0 Å². The van der Waals surface area contributed by atoms with Crippen LogP contribution in [0.5, 0.6) is 0 Å². The summed E-state index contributed by atoms with van der Waals surface area (Å²) < 4.78 is 4.82. The molecular weight excluding hydrogens is 236 g/mol. The van der Waals surface area contributed by atoms with Crippen molar-refractivity contribution in [2.24, 2.45) is 11.8 Å². The number of carbonyl (C=O) groups excluding carboxylic acids is 1. The van der Waals surface area contributed by atoms with Crippen LogP contribution in [0.15, 0.2) is 18.2 Å². The zero-order valence-electron chi connectivity index (χ0n) is 12.4. The van der Waals surface area contributed by atoms with Crippen LogP contribution in [-0.2, 0) is 9.53 Å². The minimum atomic E-state index is -0.0275. The molecule has 0 aliphatic heterocycles. The lowest BCUT2D eigenvalue weighted by Gasteiger charge is -2.16. The maximum absolute atomic E-state index is 11.5. The second-order valence-corrected chi connectivity index (χ2v) is 5.89. The van der Waals surface area contributed by atoms with Gasteiger partial charge in [0.2, 0.25) is 0 Å². The first-order valence-electron chi connectivity index (χ1n) is 7.21. The molecule has 1 aliphatic rings. The molecule has 2 heteroatoms. The van der Waals surface area contributed by atoms with E-state index in [1.807, 2.05) is 0 Å². The molecule has 0 saturated heterocycles. The lowest BCUT2D eigenvalue weighted by molar-refractivity contribution is -0.142. The van der Waals surface area contributed by atoms with Gasteiger partial charge in [-0.1, -0.05) is 36.2 Å². The SMILES string of the molecule is CCC(CC1CC1C(=O)OC)c1cc(C)cc(C)c1. The summed E-state index contributed by atoms with van der Waals surface area (Å²) >= 11 is 0. The number of esters is 1. The van der Waals surface area contributed by atoms with Crippen LogP contribution < -0.4 is 0 Å². The minimum Gasteiger partial charge on any atom is -0.469 e. The zero-order chi connectivity index (χ0) is 14.0. The summed E-state index contributed by atoms with van der Waals surface area (Å²) in [6, 6.07) is 6.79. The third-order valence-corrected chi connectivity index (χ3v) is 4.22. The molecule has 1 saturated carbocycles. The third-order valence-electron chi connectivity index (χ3n) is 4.22. The van der Waals surface area contributed by atoms with E-state index in [0.29, 0.717) is 11.8 Å². The van der Waals surface area contributed by atoms with Crippen molar-refractivity contribution in [2.45, 2.75) is 46.0 Å². The molecule has 1 aliphatic carbocycles. The molecule has 1 aromatic carbocycles. The van der Waals surface area contributed by atoms with E-state index in [-0.39, 0.29) is 11.9 Å². The number of carbonyl (C=O) groups is 1. The van der Waals surface area contributed by atoms with Crippen LogP contribution in [0.2, 0.25) is 0 Å². The Morgan fingerprint density at radius 3 is 2.47 bits per heavy atom. The second kappa shape index (κ2) is 5.77. The predicted molar refractivity (Wildman–Crippen MR) is 77.2 cm³/mol. The monoisotopic (exact) mass is 260 g/mol. The van der Waals surface area contributed by atoms with Crippen LogP contribution in [0, 0.1) is 25.7 Å². The van der Waals surface area contributed by atoms with Gasteiger partial charge >= 0.3 is 5.97 Å². The fraction of sp³-hybridized carbons (Fsp3) is 0.588. The Bertz CT molecular complexity index is 444. The average molecular weight is 260 g/mol. The molecular formula is C17H24O2. The number of rotatable bonds is 5. The molecule has 0 aromatic heterocycles. The average Bonchev–Trinajstić information content (AvgIpc) is 3.13. The van der Waals surface area contributed by atoms with Gasteiger partial charge in [-0.05, 0) is 50.5 Å². The fourth-order valence-electron chi connectivity index (χ4n) is 3.10. The molecule has 3 atom stereocenters. The van der Waals surface area contributed by atoms with E-state index in [2.05, 4.69) is 39.0 Å². The van der Waals surface area contributed by atoms with Crippen LogP contribution in [0.25, 0.3) is 0 Å². The van der Waals surface area contributed by atoms with Crippen molar-refractivity contribution in [3.63, 3.8) is 0 Å². The highest BCUT2D eigenvalue weighted by Gasteiger charge is 2.44. The smallest absolute Gasteiger partial charge is 0.308 e. The molecule has 1 fully saturated rings. The number of aryl methyl sites for hydroxylation is 2. The van der Waals surface area contributed by atoms with Gasteiger partial charge in [0.15, 0.2) is 0 Å². The summed E-state index contributed by atoms with van der Waals surface area (Å²) in [6.45, 7) is 6.53. The first-order chi connectivity index (χ1) is 9.05. The van der Waals surface area contributed by atoms with Crippen molar-refractivity contribution in [1.29, 1.82) is 0 Å². The van der Waals surface area contributed by atoms with Gasteiger partial charge in [0.25, 0.3) is 0 Å². The topological polar surface area (TPSA) is 26.3 Å². The second-order valence-electron chi connectivity index (χ2n) is 5.89. The number of methoxy groups -OCH3 is 1. The van der Waals surface area contributed by atoms with Gasteiger partial charge in [-0.25, -0.2) is 0 Å². The van der Waals surface area contributed by atoms with Gasteiger partial charge in [-0.15, -0.1) is 0 Å². The number of ether oxygens (including phenoxy) is 1. The zero-order valence-corrected chi connectivity index (χ0v) is 12.4. The van der Waals surface area contributed by atoms with Gasteiger partial charge in [0.1, 0.15) is 0 Å². The Labute approximate surface area is 116 Å². The van der Waals surface area contributed by atoms with Gasteiger partial charge in [0.05, 0.1) is 13.0 Å². The first-order valence-corrected chi connectivity index (χ1v) is 7.21. The fourth-order valence-corrected chi connectivity index (χ4v) is 3.10. The summed E-state index contributed by atoms with van der Waals surface area (Å²) in [5.74, 6) is 1.22. The van der Waals surface area contributed by atoms with E-state index in [0.717, 1.165) is 19.3 Å². The van der Waals surface area contributed by atoms with E-state index < -0.39 is 0 Å². The molecule has 0 heterocycles. The summed E-state index contributed by atoms with van der Waals surface area (Å²) in [5.41, 5.74) is 4.08. The molecule has 1 aromatic rings. The lowest BCUT2D eigenvalue weighted by Crippen LogP contribution is -2.07. The van der Waals surface area contributed by atoms with E-state index >= 15 is 0 Å². The summed E-state index contributed by atoms with van der Waals surface area (Å²) in [7, 11) is 1.49. The van der Waals surface area contributed by atoms with Gasteiger partial charge in [0, 0.05) is 0 Å². The summed E-state index contributed by atoms with van der Waals surface area (Å²) in [4.78, 5) is 11.5. The highest BCUT2D eigenvalue weighted by molar-refractivity contribution is 5.75. The Balaban J connectivity index is 2.03. The van der Waals surface area contributed by atoms with Crippen LogP contribution in [0.3, 0.4) is 0 Å².